The van der Waals surface area contributed by atoms with Crippen molar-refractivity contribution in [1.82, 2.24) is 9.88 Å². The van der Waals surface area contributed by atoms with E-state index >= 15 is 0 Å². The van der Waals surface area contributed by atoms with Crippen LogP contribution in [0.4, 0.5) is 5.69 Å². The highest BCUT2D eigenvalue weighted by Crippen LogP contribution is 2.35. The predicted octanol–water partition coefficient (Wildman–Crippen LogP) is 2.52. The molecule has 3 heterocycles. The lowest BCUT2D eigenvalue weighted by molar-refractivity contribution is -0.147. The first-order valence-electron chi connectivity index (χ1n) is 10.1. The Bertz CT molecular complexity index is 1270. The Labute approximate surface area is 177 Å². The molecule has 1 unspecified atom stereocenters. The van der Waals surface area contributed by atoms with Gasteiger partial charge in [-0.3, -0.25) is 14.4 Å². The summed E-state index contributed by atoms with van der Waals surface area (Å²) in [5, 5.41) is 3.57. The lowest BCUT2D eigenvalue weighted by Crippen LogP contribution is -2.50. The number of H-pyrrole nitrogens is 1. The summed E-state index contributed by atoms with van der Waals surface area (Å²) in [5.41, 5.74) is 1.89. The number of hydrogen-bond donors (Lipinski definition) is 2. The van der Waals surface area contributed by atoms with Crippen molar-refractivity contribution in [3.63, 3.8) is 0 Å². The summed E-state index contributed by atoms with van der Waals surface area (Å²) in [6, 6.07) is 11.5. The van der Waals surface area contributed by atoms with Crippen LogP contribution in [0.15, 0.2) is 47.3 Å². The van der Waals surface area contributed by atoms with Gasteiger partial charge in [0.25, 0.3) is 11.5 Å². The van der Waals surface area contributed by atoms with E-state index in [-0.39, 0.29) is 11.5 Å². The highest BCUT2D eigenvalue weighted by molar-refractivity contribution is 6.00. The highest BCUT2D eigenvalue weighted by atomic mass is 16.6. The number of aromatic nitrogens is 1. The zero-order chi connectivity index (χ0) is 21.5. The number of nitrogens with zero attached hydrogens (tertiary/aromatic N) is 1. The van der Waals surface area contributed by atoms with Gasteiger partial charge in [-0.25, -0.2) is 0 Å². The fourth-order valence-electron chi connectivity index (χ4n) is 3.93. The molecule has 3 aromatic rings. The summed E-state index contributed by atoms with van der Waals surface area (Å²) in [7, 11) is 0. The maximum atomic E-state index is 13.3. The molecular weight excluding hydrogens is 398 g/mol. The number of benzene rings is 2. The monoisotopic (exact) mass is 419 g/mol. The van der Waals surface area contributed by atoms with Crippen LogP contribution in [-0.4, -0.2) is 41.5 Å². The number of likely N-dealkylation sites (tertiary alicyclic amines) is 1. The van der Waals surface area contributed by atoms with Crippen LogP contribution in [0.3, 0.4) is 0 Å². The minimum atomic E-state index is -1.03. The van der Waals surface area contributed by atoms with Crippen molar-refractivity contribution >= 4 is 28.4 Å². The third-order valence-electron chi connectivity index (χ3n) is 5.68. The molecule has 0 radical (unpaired) electrons. The maximum absolute atomic E-state index is 13.3. The van der Waals surface area contributed by atoms with Crippen molar-refractivity contribution in [2.24, 2.45) is 0 Å². The summed E-state index contributed by atoms with van der Waals surface area (Å²) in [4.78, 5) is 42.7. The van der Waals surface area contributed by atoms with Crippen LogP contribution in [0.25, 0.3) is 10.9 Å². The van der Waals surface area contributed by atoms with Crippen LogP contribution in [-0.2, 0) is 9.59 Å². The first-order valence-corrected chi connectivity index (χ1v) is 10.1. The molecule has 1 atom stereocenters. The molecule has 2 aliphatic heterocycles. The van der Waals surface area contributed by atoms with E-state index in [1.165, 1.54) is 4.90 Å². The van der Waals surface area contributed by atoms with Crippen LogP contribution >= 0.6 is 0 Å². The summed E-state index contributed by atoms with van der Waals surface area (Å²) >= 11 is 0. The van der Waals surface area contributed by atoms with Gasteiger partial charge in [0.15, 0.2) is 11.5 Å². The SMILES string of the molecule is Cc1ccccc1NC(=O)C(c1cc2cc3c(cc2[nH]c1=O)OCCO3)N1CCC1=O. The zero-order valence-electron chi connectivity index (χ0n) is 16.9. The summed E-state index contributed by atoms with van der Waals surface area (Å²) < 4.78 is 11.2. The molecule has 2 aliphatic rings. The van der Waals surface area contributed by atoms with E-state index in [1.807, 2.05) is 25.1 Å². The molecule has 0 spiro atoms. The van der Waals surface area contributed by atoms with E-state index in [9.17, 15) is 14.4 Å². The second-order valence-electron chi connectivity index (χ2n) is 7.68. The molecule has 158 valence electrons. The summed E-state index contributed by atoms with van der Waals surface area (Å²) in [5.74, 6) is 0.558. The van der Waals surface area contributed by atoms with E-state index in [0.717, 1.165) is 5.56 Å². The highest BCUT2D eigenvalue weighted by Gasteiger charge is 2.38. The summed E-state index contributed by atoms with van der Waals surface area (Å²) in [6.07, 6.45) is 0.359. The van der Waals surface area contributed by atoms with Crippen molar-refractivity contribution in [3.05, 3.63) is 63.9 Å². The Morgan fingerprint density at radius 3 is 2.52 bits per heavy atom. The van der Waals surface area contributed by atoms with Gasteiger partial charge in [-0.15, -0.1) is 0 Å². The molecule has 0 aliphatic carbocycles. The van der Waals surface area contributed by atoms with E-state index in [0.29, 0.717) is 54.3 Å². The van der Waals surface area contributed by atoms with Gasteiger partial charge in [0, 0.05) is 35.7 Å². The van der Waals surface area contributed by atoms with Gasteiger partial charge in [0.05, 0.1) is 5.52 Å². The van der Waals surface area contributed by atoms with Crippen LogP contribution < -0.4 is 20.3 Å². The van der Waals surface area contributed by atoms with Gasteiger partial charge >= 0.3 is 0 Å². The van der Waals surface area contributed by atoms with Crippen molar-refractivity contribution in [2.75, 3.05) is 25.1 Å². The average molecular weight is 419 g/mol. The van der Waals surface area contributed by atoms with Crippen LogP contribution in [0.5, 0.6) is 11.5 Å². The maximum Gasteiger partial charge on any atom is 0.254 e. The van der Waals surface area contributed by atoms with Crippen LogP contribution in [0.1, 0.15) is 23.6 Å². The van der Waals surface area contributed by atoms with E-state index in [4.69, 9.17) is 9.47 Å². The Kier molecular flexibility index (Phi) is 4.62. The predicted molar refractivity (Wildman–Crippen MR) is 114 cm³/mol. The number of hydrogen-bond acceptors (Lipinski definition) is 5. The molecule has 5 rings (SSSR count). The van der Waals surface area contributed by atoms with Crippen LogP contribution in [0.2, 0.25) is 0 Å². The topological polar surface area (TPSA) is 101 Å². The first-order chi connectivity index (χ1) is 15.0. The number of rotatable bonds is 4. The quantitative estimate of drug-likeness (QED) is 0.633. The lowest BCUT2D eigenvalue weighted by Gasteiger charge is -2.37. The molecule has 8 nitrogen and oxygen atoms in total. The molecule has 31 heavy (non-hydrogen) atoms. The number of fused-ring (bicyclic) bond motifs is 2. The average Bonchev–Trinajstić information content (AvgIpc) is 2.76. The van der Waals surface area contributed by atoms with Gasteiger partial charge in [-0.05, 0) is 30.7 Å². The number of aryl methyl sites for hydroxylation is 1. The molecule has 0 bridgehead atoms. The molecule has 1 fully saturated rings. The minimum absolute atomic E-state index is 0.161. The molecule has 2 aromatic carbocycles. The third kappa shape index (κ3) is 3.39. The lowest BCUT2D eigenvalue weighted by atomic mass is 9.99. The molecule has 8 heteroatoms. The number of ether oxygens (including phenoxy) is 2. The Morgan fingerprint density at radius 1 is 1.10 bits per heavy atom. The van der Waals surface area contributed by atoms with Crippen molar-refractivity contribution in [3.8, 4) is 11.5 Å². The van der Waals surface area contributed by atoms with Gasteiger partial charge in [-0.1, -0.05) is 18.2 Å². The molecule has 0 saturated carbocycles. The summed E-state index contributed by atoms with van der Waals surface area (Å²) in [6.45, 7) is 3.19. The van der Waals surface area contributed by atoms with Gasteiger partial charge in [-0.2, -0.15) is 0 Å². The molecule has 1 aromatic heterocycles. The minimum Gasteiger partial charge on any atom is -0.486 e. The second-order valence-corrected chi connectivity index (χ2v) is 7.68. The molecular formula is C23H21N3O5. The number of amides is 2. The van der Waals surface area contributed by atoms with Gasteiger partial charge < -0.3 is 24.7 Å². The third-order valence-corrected chi connectivity index (χ3v) is 5.68. The standard InChI is InChI=1S/C23H21N3O5/c1-13-4-2-3-5-16(13)24-23(29)21(26-7-6-20(26)27)15-10-14-11-18-19(31-9-8-30-18)12-17(14)25-22(15)28/h2-5,10-12,21H,6-9H2,1H3,(H,24,29)(H,25,28). The second kappa shape index (κ2) is 7.46. The Hall–Kier alpha value is -3.81. The molecule has 2 N–H and O–H groups in total. The van der Waals surface area contributed by atoms with Crippen molar-refractivity contribution < 1.29 is 19.1 Å². The molecule has 2 amide bonds. The Morgan fingerprint density at radius 2 is 1.84 bits per heavy atom. The smallest absolute Gasteiger partial charge is 0.254 e. The number of β-lactam (4-membered cyclic amide) rings is 1. The van der Waals surface area contributed by atoms with Crippen molar-refractivity contribution in [1.29, 1.82) is 0 Å². The fraction of sp³-hybridized carbons (Fsp3) is 0.261. The first kappa shape index (κ1) is 19.2. The number of para-hydroxylation sites is 1. The van der Waals surface area contributed by atoms with E-state index in [2.05, 4.69) is 10.3 Å². The number of carbonyl (C=O) groups excluding carboxylic acids is 2. The van der Waals surface area contributed by atoms with Crippen LogP contribution in [0, 0.1) is 6.92 Å². The number of nitrogens with one attached hydrogen (secondary N) is 2. The number of aromatic amines is 1. The fourth-order valence-corrected chi connectivity index (χ4v) is 3.93. The van der Waals surface area contributed by atoms with Gasteiger partial charge in [0.1, 0.15) is 19.3 Å². The number of anilines is 1. The Balaban J connectivity index is 1.58. The van der Waals surface area contributed by atoms with Crippen molar-refractivity contribution in [2.45, 2.75) is 19.4 Å². The largest absolute Gasteiger partial charge is 0.486 e. The molecule has 1 saturated heterocycles. The number of carbonyl (C=O) groups is 2. The zero-order valence-corrected chi connectivity index (χ0v) is 16.9. The van der Waals surface area contributed by atoms with E-state index < -0.39 is 17.5 Å². The van der Waals surface area contributed by atoms with E-state index in [1.54, 1.807) is 24.3 Å². The normalized spacial score (nSPS) is 16.0. The number of pyridine rings is 1. The van der Waals surface area contributed by atoms with Gasteiger partial charge in [0.2, 0.25) is 5.91 Å².